The number of benzene rings is 4. The van der Waals surface area contributed by atoms with Crippen LogP contribution >= 0.6 is 11.6 Å². The van der Waals surface area contributed by atoms with Crippen LogP contribution in [0.15, 0.2) is 114 Å². The molecule has 2 amide bonds. The monoisotopic (exact) mass is 631 g/mol. The zero-order valence-electron chi connectivity index (χ0n) is 25.0. The van der Waals surface area contributed by atoms with E-state index in [2.05, 4.69) is 5.32 Å². The van der Waals surface area contributed by atoms with Crippen LogP contribution in [-0.2, 0) is 32.6 Å². The van der Waals surface area contributed by atoms with Gasteiger partial charge < -0.3 is 10.2 Å². The Labute approximate surface area is 265 Å². The molecule has 230 valence electrons. The molecule has 0 bridgehead atoms. The van der Waals surface area contributed by atoms with Crippen LogP contribution in [0.1, 0.15) is 36.5 Å². The van der Waals surface area contributed by atoms with Crippen molar-refractivity contribution in [3.8, 4) is 0 Å². The number of anilines is 1. The topological polar surface area (TPSA) is 86.8 Å². The summed E-state index contributed by atoms with van der Waals surface area (Å²) in [7, 11) is -4.14. The van der Waals surface area contributed by atoms with Crippen molar-refractivity contribution in [1.29, 1.82) is 0 Å². The van der Waals surface area contributed by atoms with E-state index in [1.807, 2.05) is 43.3 Å². The average Bonchev–Trinajstić information content (AvgIpc) is 3.03. The summed E-state index contributed by atoms with van der Waals surface area (Å²) in [6.07, 6.45) is 1.96. The lowest BCUT2D eigenvalue weighted by atomic mass is 10.0. The second-order valence-electron chi connectivity index (χ2n) is 10.6. The number of halogens is 1. The summed E-state index contributed by atoms with van der Waals surface area (Å²) in [6.45, 7) is 3.90. The van der Waals surface area contributed by atoms with Gasteiger partial charge in [-0.1, -0.05) is 104 Å². The zero-order valence-corrected chi connectivity index (χ0v) is 26.6. The van der Waals surface area contributed by atoms with E-state index in [9.17, 15) is 18.0 Å². The van der Waals surface area contributed by atoms with Crippen LogP contribution in [-0.4, -0.2) is 44.3 Å². The number of hydrogen-bond donors (Lipinski definition) is 1. The Morgan fingerprint density at radius 3 is 2.07 bits per heavy atom. The number of carbonyl (C=O) groups is 2. The third kappa shape index (κ3) is 8.49. The quantitative estimate of drug-likeness (QED) is 0.163. The number of nitrogens with zero attached hydrogens (tertiary/aromatic N) is 2. The predicted molar refractivity (Wildman–Crippen MR) is 176 cm³/mol. The molecule has 4 aromatic carbocycles. The van der Waals surface area contributed by atoms with Crippen LogP contribution in [0.3, 0.4) is 0 Å². The fraction of sp³-hybridized carbons (Fsp3) is 0.257. The number of aryl methyl sites for hydroxylation is 1. The Hall–Kier alpha value is -4.14. The van der Waals surface area contributed by atoms with E-state index in [0.717, 1.165) is 28.3 Å². The molecule has 7 nitrogen and oxygen atoms in total. The number of carbonyl (C=O) groups excluding carboxylic acids is 2. The first-order valence-corrected chi connectivity index (χ1v) is 16.5. The Morgan fingerprint density at radius 2 is 1.43 bits per heavy atom. The van der Waals surface area contributed by atoms with Gasteiger partial charge in [0.2, 0.25) is 11.8 Å². The first-order valence-electron chi connectivity index (χ1n) is 14.7. The molecule has 0 fully saturated rings. The molecule has 1 atom stereocenters. The molecular weight excluding hydrogens is 594 g/mol. The van der Waals surface area contributed by atoms with Crippen molar-refractivity contribution in [1.82, 2.24) is 10.2 Å². The van der Waals surface area contributed by atoms with Crippen LogP contribution in [0, 0.1) is 6.92 Å². The van der Waals surface area contributed by atoms with E-state index < -0.39 is 28.5 Å². The molecule has 9 heteroatoms. The summed E-state index contributed by atoms with van der Waals surface area (Å²) in [5, 5.41) is 3.54. The standard InChI is InChI=1S/C35H38ClN3O4S/c1-3-4-23-37-35(41)33(24-28-14-7-5-8-15-28)38(25-29-19-21-30(36)22-20-29)34(40)26-39(32-18-12-11-13-27(32)2)44(42,43)31-16-9-6-10-17-31/h5-22,33H,3-4,23-26H2,1-2H3,(H,37,41)/t33-/m0/s1. The maximum atomic E-state index is 14.5. The SMILES string of the molecule is CCCCNC(=O)[C@H](Cc1ccccc1)N(Cc1ccc(Cl)cc1)C(=O)CN(c1ccccc1C)S(=O)(=O)c1ccccc1. The van der Waals surface area contributed by atoms with Crippen molar-refractivity contribution in [2.24, 2.45) is 0 Å². The largest absolute Gasteiger partial charge is 0.354 e. The third-order valence-corrected chi connectivity index (χ3v) is 9.39. The molecule has 4 rings (SSSR count). The first-order chi connectivity index (χ1) is 21.2. The van der Waals surface area contributed by atoms with Crippen LogP contribution in [0.4, 0.5) is 5.69 Å². The Kier molecular flexibility index (Phi) is 11.6. The minimum atomic E-state index is -4.14. The molecule has 0 radical (unpaired) electrons. The van der Waals surface area contributed by atoms with Crippen molar-refractivity contribution >= 4 is 39.1 Å². The van der Waals surface area contributed by atoms with Gasteiger partial charge in [-0.15, -0.1) is 0 Å². The van der Waals surface area contributed by atoms with Crippen molar-refractivity contribution in [2.45, 2.75) is 50.6 Å². The van der Waals surface area contributed by atoms with E-state index in [-0.39, 0.29) is 23.8 Å². The highest BCUT2D eigenvalue weighted by Gasteiger charge is 2.34. The summed E-state index contributed by atoms with van der Waals surface area (Å²) in [5.41, 5.74) is 2.73. The minimum Gasteiger partial charge on any atom is -0.354 e. The van der Waals surface area contributed by atoms with Gasteiger partial charge in [0, 0.05) is 24.5 Å². The van der Waals surface area contributed by atoms with Crippen molar-refractivity contribution in [3.05, 3.63) is 131 Å². The maximum Gasteiger partial charge on any atom is 0.264 e. The minimum absolute atomic E-state index is 0.0680. The summed E-state index contributed by atoms with van der Waals surface area (Å²) in [6, 6.07) is 30.8. The molecule has 1 N–H and O–H groups in total. The van der Waals surface area contributed by atoms with Crippen molar-refractivity contribution in [3.63, 3.8) is 0 Å². The molecule has 0 aromatic heterocycles. The lowest BCUT2D eigenvalue weighted by Gasteiger charge is -2.34. The van der Waals surface area contributed by atoms with Gasteiger partial charge >= 0.3 is 0 Å². The molecule has 0 unspecified atom stereocenters. The summed E-state index contributed by atoms with van der Waals surface area (Å²) in [4.78, 5) is 29.8. The van der Waals surface area contributed by atoms with E-state index in [0.29, 0.717) is 22.8 Å². The molecule has 0 spiro atoms. The summed E-state index contributed by atoms with van der Waals surface area (Å²) in [5.74, 6) is -0.799. The van der Waals surface area contributed by atoms with Gasteiger partial charge in [0.15, 0.2) is 0 Å². The van der Waals surface area contributed by atoms with Gasteiger partial charge in [-0.25, -0.2) is 8.42 Å². The molecule has 0 aliphatic carbocycles. The lowest BCUT2D eigenvalue weighted by Crippen LogP contribution is -2.53. The zero-order chi connectivity index (χ0) is 31.5. The summed E-state index contributed by atoms with van der Waals surface area (Å²) >= 11 is 6.14. The molecule has 44 heavy (non-hydrogen) atoms. The Morgan fingerprint density at radius 1 is 0.818 bits per heavy atom. The second kappa shape index (κ2) is 15.5. The van der Waals surface area contributed by atoms with Crippen LogP contribution in [0.5, 0.6) is 0 Å². The molecular formula is C35H38ClN3O4S. The Balaban J connectivity index is 1.78. The number of amides is 2. The van der Waals surface area contributed by atoms with Gasteiger partial charge in [0.1, 0.15) is 12.6 Å². The van der Waals surface area contributed by atoms with E-state index >= 15 is 0 Å². The van der Waals surface area contributed by atoms with Crippen molar-refractivity contribution < 1.29 is 18.0 Å². The number of unbranched alkanes of at least 4 members (excludes halogenated alkanes) is 1. The number of para-hydroxylation sites is 1. The number of nitrogens with one attached hydrogen (secondary N) is 1. The number of rotatable bonds is 14. The van der Waals surface area contributed by atoms with Gasteiger partial charge in [-0.3, -0.25) is 13.9 Å². The third-order valence-electron chi connectivity index (χ3n) is 7.36. The average molecular weight is 632 g/mol. The van der Waals surface area contributed by atoms with Gasteiger partial charge in [-0.2, -0.15) is 0 Å². The first kappa shape index (κ1) is 32.8. The smallest absolute Gasteiger partial charge is 0.264 e. The predicted octanol–water partition coefficient (Wildman–Crippen LogP) is 6.40. The van der Waals surface area contributed by atoms with Crippen LogP contribution < -0.4 is 9.62 Å². The van der Waals surface area contributed by atoms with E-state index in [4.69, 9.17) is 11.6 Å². The molecule has 0 heterocycles. The fourth-order valence-electron chi connectivity index (χ4n) is 4.92. The maximum absolute atomic E-state index is 14.5. The Bertz CT molecular complexity index is 1630. The summed E-state index contributed by atoms with van der Waals surface area (Å²) < 4.78 is 29.3. The molecule has 0 saturated carbocycles. The van der Waals surface area contributed by atoms with E-state index in [1.54, 1.807) is 67.6 Å². The number of hydrogen-bond acceptors (Lipinski definition) is 4. The molecule has 0 saturated heterocycles. The van der Waals surface area contributed by atoms with E-state index in [1.165, 1.54) is 17.0 Å². The van der Waals surface area contributed by atoms with Crippen LogP contribution in [0.2, 0.25) is 5.02 Å². The van der Waals surface area contributed by atoms with Crippen molar-refractivity contribution in [2.75, 3.05) is 17.4 Å². The molecule has 0 aliphatic rings. The molecule has 0 aliphatic heterocycles. The lowest BCUT2D eigenvalue weighted by molar-refractivity contribution is -0.140. The van der Waals surface area contributed by atoms with Gasteiger partial charge in [0.25, 0.3) is 10.0 Å². The normalized spacial score (nSPS) is 11.9. The van der Waals surface area contributed by atoms with Gasteiger partial charge in [0.05, 0.1) is 10.6 Å². The fourth-order valence-corrected chi connectivity index (χ4v) is 6.55. The number of sulfonamides is 1. The second-order valence-corrected chi connectivity index (χ2v) is 12.9. The molecule has 4 aromatic rings. The van der Waals surface area contributed by atoms with Gasteiger partial charge in [-0.05, 0) is 60.4 Å². The highest BCUT2D eigenvalue weighted by atomic mass is 35.5. The van der Waals surface area contributed by atoms with Crippen LogP contribution in [0.25, 0.3) is 0 Å². The highest BCUT2D eigenvalue weighted by molar-refractivity contribution is 7.92. The highest BCUT2D eigenvalue weighted by Crippen LogP contribution is 2.27.